The lowest BCUT2D eigenvalue weighted by Gasteiger charge is -2.28. The third-order valence-corrected chi connectivity index (χ3v) is 2.83. The summed E-state index contributed by atoms with van der Waals surface area (Å²) in [6.45, 7) is 4.75. The van der Waals surface area contributed by atoms with Gasteiger partial charge in [-0.1, -0.05) is 5.16 Å². The fourth-order valence-corrected chi connectivity index (χ4v) is 2.10. The largest absolute Gasteiger partial charge is 0.391 e. The summed E-state index contributed by atoms with van der Waals surface area (Å²) in [6, 6.07) is -0.00463. The highest BCUT2D eigenvalue weighted by Crippen LogP contribution is 2.28. The first-order valence-corrected chi connectivity index (χ1v) is 5.04. The van der Waals surface area contributed by atoms with Crippen molar-refractivity contribution >= 4 is 0 Å². The van der Waals surface area contributed by atoms with Crippen LogP contribution in [0.5, 0.6) is 0 Å². The van der Waals surface area contributed by atoms with E-state index in [1.54, 1.807) is 0 Å². The van der Waals surface area contributed by atoms with Crippen molar-refractivity contribution in [2.24, 2.45) is 0 Å². The molecule has 2 atom stereocenters. The Bertz CT molecular complexity index is 302. The van der Waals surface area contributed by atoms with E-state index in [2.05, 4.69) is 10.5 Å². The predicted octanol–water partition coefficient (Wildman–Crippen LogP) is 1.08. The highest BCUT2D eigenvalue weighted by molar-refractivity contribution is 5.26. The van der Waals surface area contributed by atoms with E-state index < -0.39 is 0 Å². The number of piperidine rings is 1. The molecule has 0 bridgehead atoms. The van der Waals surface area contributed by atoms with Crippen molar-refractivity contribution in [2.75, 3.05) is 6.54 Å². The van der Waals surface area contributed by atoms with Gasteiger partial charge in [0.1, 0.15) is 5.76 Å². The molecule has 2 unspecified atom stereocenters. The summed E-state index contributed by atoms with van der Waals surface area (Å²) < 4.78 is 5.10. The zero-order chi connectivity index (χ0) is 10.1. The average molecular weight is 196 g/mol. The molecule has 0 spiro atoms. The third-order valence-electron chi connectivity index (χ3n) is 2.83. The monoisotopic (exact) mass is 196 g/mol. The van der Waals surface area contributed by atoms with E-state index in [0.29, 0.717) is 0 Å². The number of aliphatic hydroxyl groups is 1. The minimum atomic E-state index is -0.319. The molecule has 1 saturated heterocycles. The van der Waals surface area contributed by atoms with Gasteiger partial charge in [-0.2, -0.15) is 0 Å². The Morgan fingerprint density at radius 3 is 2.86 bits per heavy atom. The molecule has 4 nitrogen and oxygen atoms in total. The van der Waals surface area contributed by atoms with Crippen molar-refractivity contribution in [3.63, 3.8) is 0 Å². The smallest absolute Gasteiger partial charge is 0.138 e. The van der Waals surface area contributed by atoms with Crippen LogP contribution in [0.3, 0.4) is 0 Å². The number of nitrogens with zero attached hydrogens (tertiary/aromatic N) is 1. The number of aromatic nitrogens is 1. The molecule has 1 fully saturated rings. The van der Waals surface area contributed by atoms with E-state index in [1.807, 2.05) is 13.8 Å². The van der Waals surface area contributed by atoms with Gasteiger partial charge in [-0.15, -0.1) is 0 Å². The molecule has 14 heavy (non-hydrogen) atoms. The van der Waals surface area contributed by atoms with Crippen LogP contribution >= 0.6 is 0 Å². The van der Waals surface area contributed by atoms with Gasteiger partial charge in [0.25, 0.3) is 0 Å². The third kappa shape index (κ3) is 1.55. The first-order chi connectivity index (χ1) is 6.70. The van der Waals surface area contributed by atoms with Gasteiger partial charge in [0.2, 0.25) is 0 Å². The summed E-state index contributed by atoms with van der Waals surface area (Å²) in [4.78, 5) is 0. The molecule has 2 N–H and O–H groups in total. The van der Waals surface area contributed by atoms with Crippen molar-refractivity contribution < 1.29 is 9.63 Å². The molecule has 2 heterocycles. The summed E-state index contributed by atoms with van der Waals surface area (Å²) in [6.07, 6.45) is 1.56. The first-order valence-electron chi connectivity index (χ1n) is 5.04. The maximum Gasteiger partial charge on any atom is 0.138 e. The number of nitrogens with one attached hydrogen (secondary N) is 1. The second-order valence-corrected chi connectivity index (χ2v) is 3.88. The van der Waals surface area contributed by atoms with Crippen LogP contribution in [-0.2, 0) is 0 Å². The second-order valence-electron chi connectivity index (χ2n) is 3.88. The minimum Gasteiger partial charge on any atom is -0.391 e. The Morgan fingerprint density at radius 1 is 1.50 bits per heavy atom. The maximum absolute atomic E-state index is 9.86. The molecule has 2 rings (SSSR count). The summed E-state index contributed by atoms with van der Waals surface area (Å²) in [5.41, 5.74) is 1.90. The molecular formula is C10H16N2O2. The summed E-state index contributed by atoms with van der Waals surface area (Å²) in [5, 5.41) is 17.1. The van der Waals surface area contributed by atoms with Crippen LogP contribution < -0.4 is 5.32 Å². The van der Waals surface area contributed by atoms with E-state index in [0.717, 1.165) is 36.4 Å². The molecule has 0 radical (unpaired) electrons. The summed E-state index contributed by atoms with van der Waals surface area (Å²) >= 11 is 0. The summed E-state index contributed by atoms with van der Waals surface area (Å²) in [5.74, 6) is 0.806. The Hall–Kier alpha value is -0.870. The topological polar surface area (TPSA) is 58.3 Å². The Balaban J connectivity index is 2.28. The van der Waals surface area contributed by atoms with E-state index in [1.165, 1.54) is 0 Å². The average Bonchev–Trinajstić information content (AvgIpc) is 2.48. The SMILES string of the molecule is Cc1noc(C)c1C1NCCCC1O. The number of rotatable bonds is 1. The fourth-order valence-electron chi connectivity index (χ4n) is 2.10. The standard InChI is InChI=1S/C10H16N2O2/c1-6-9(7(2)14-12-6)10-8(13)4-3-5-11-10/h8,10-11,13H,3-5H2,1-2H3. The molecule has 1 aromatic heterocycles. The van der Waals surface area contributed by atoms with Crippen molar-refractivity contribution in [2.45, 2.75) is 38.8 Å². The highest BCUT2D eigenvalue weighted by Gasteiger charge is 2.28. The van der Waals surface area contributed by atoms with Crippen LogP contribution in [0.1, 0.15) is 35.9 Å². The van der Waals surface area contributed by atoms with Crippen molar-refractivity contribution in [1.82, 2.24) is 10.5 Å². The van der Waals surface area contributed by atoms with Gasteiger partial charge in [-0.05, 0) is 33.2 Å². The van der Waals surface area contributed by atoms with Gasteiger partial charge < -0.3 is 14.9 Å². The van der Waals surface area contributed by atoms with E-state index in [4.69, 9.17) is 4.52 Å². The molecular weight excluding hydrogens is 180 g/mol. The molecule has 0 aliphatic carbocycles. The molecule has 1 aromatic rings. The molecule has 78 valence electrons. The number of hydrogen-bond donors (Lipinski definition) is 2. The van der Waals surface area contributed by atoms with Gasteiger partial charge in [0.15, 0.2) is 0 Å². The van der Waals surface area contributed by atoms with Gasteiger partial charge in [0.05, 0.1) is 17.8 Å². The Morgan fingerprint density at radius 2 is 2.29 bits per heavy atom. The van der Waals surface area contributed by atoms with Crippen LogP contribution in [-0.4, -0.2) is 22.9 Å². The quantitative estimate of drug-likeness (QED) is 0.705. The van der Waals surface area contributed by atoms with E-state index in [-0.39, 0.29) is 12.1 Å². The second kappa shape index (κ2) is 3.71. The lowest BCUT2D eigenvalue weighted by atomic mass is 9.93. The molecule has 0 saturated carbocycles. The minimum absolute atomic E-state index is 0.00463. The van der Waals surface area contributed by atoms with Crippen LogP contribution in [0, 0.1) is 13.8 Å². The number of aryl methyl sites for hydroxylation is 2. The number of hydrogen-bond acceptors (Lipinski definition) is 4. The zero-order valence-electron chi connectivity index (χ0n) is 8.58. The number of aliphatic hydroxyl groups excluding tert-OH is 1. The van der Waals surface area contributed by atoms with Crippen LogP contribution in [0.4, 0.5) is 0 Å². The fraction of sp³-hybridized carbons (Fsp3) is 0.700. The van der Waals surface area contributed by atoms with Crippen LogP contribution in [0.15, 0.2) is 4.52 Å². The van der Waals surface area contributed by atoms with Crippen molar-refractivity contribution in [3.05, 3.63) is 17.0 Å². The molecule has 4 heteroatoms. The summed E-state index contributed by atoms with van der Waals surface area (Å²) in [7, 11) is 0. The van der Waals surface area contributed by atoms with Gasteiger partial charge in [-0.3, -0.25) is 0 Å². The lowest BCUT2D eigenvalue weighted by Crippen LogP contribution is -2.38. The van der Waals surface area contributed by atoms with Crippen LogP contribution in [0.2, 0.25) is 0 Å². The van der Waals surface area contributed by atoms with Gasteiger partial charge in [-0.25, -0.2) is 0 Å². The predicted molar refractivity (Wildman–Crippen MR) is 52.0 cm³/mol. The first kappa shape index (κ1) is 9.68. The molecule has 1 aliphatic heterocycles. The molecule has 0 amide bonds. The van der Waals surface area contributed by atoms with E-state index in [9.17, 15) is 5.11 Å². The van der Waals surface area contributed by atoms with Crippen molar-refractivity contribution in [1.29, 1.82) is 0 Å². The highest BCUT2D eigenvalue weighted by atomic mass is 16.5. The molecule has 1 aliphatic rings. The normalized spacial score (nSPS) is 27.9. The van der Waals surface area contributed by atoms with Gasteiger partial charge in [0, 0.05) is 5.56 Å². The zero-order valence-corrected chi connectivity index (χ0v) is 8.58. The van der Waals surface area contributed by atoms with Crippen LogP contribution in [0.25, 0.3) is 0 Å². The van der Waals surface area contributed by atoms with E-state index >= 15 is 0 Å². The lowest BCUT2D eigenvalue weighted by molar-refractivity contribution is 0.0956. The Labute approximate surface area is 83.3 Å². The Kier molecular flexibility index (Phi) is 2.56. The maximum atomic E-state index is 9.86. The van der Waals surface area contributed by atoms with Crippen molar-refractivity contribution in [3.8, 4) is 0 Å². The molecule has 0 aromatic carbocycles. The van der Waals surface area contributed by atoms with Gasteiger partial charge >= 0.3 is 0 Å².